The average molecular weight is 241 g/mol. The van der Waals surface area contributed by atoms with Crippen LogP contribution in [0.15, 0.2) is 0 Å². The van der Waals surface area contributed by atoms with Crippen LogP contribution >= 0.6 is 0 Å². The maximum Gasteiger partial charge on any atom is 0.303 e. The Morgan fingerprint density at radius 1 is 1.41 bits per heavy atom. The van der Waals surface area contributed by atoms with E-state index >= 15 is 0 Å². The molecule has 1 fully saturated rings. The van der Waals surface area contributed by atoms with E-state index in [0.29, 0.717) is 18.4 Å². The van der Waals surface area contributed by atoms with Crippen LogP contribution in [0.3, 0.4) is 0 Å². The first-order chi connectivity index (χ1) is 7.74. The van der Waals surface area contributed by atoms with Gasteiger partial charge in [0.2, 0.25) is 0 Å². The molecule has 3 nitrogen and oxygen atoms in total. The SMILES string of the molecule is CC[C@@H]1C[C@](CN)(CC(=O)O)C[C@H]1C(C)(C)C. The molecule has 0 heterocycles. The lowest BCUT2D eigenvalue weighted by molar-refractivity contribution is -0.139. The van der Waals surface area contributed by atoms with Gasteiger partial charge in [-0.05, 0) is 42.1 Å². The highest BCUT2D eigenvalue weighted by Crippen LogP contribution is 2.54. The number of aliphatic carboxylic acids is 1. The second-order valence-corrected chi connectivity index (χ2v) is 6.82. The first-order valence-corrected chi connectivity index (χ1v) is 6.66. The van der Waals surface area contributed by atoms with Gasteiger partial charge >= 0.3 is 5.97 Å². The first kappa shape index (κ1) is 14.5. The van der Waals surface area contributed by atoms with Crippen molar-refractivity contribution in [2.45, 2.75) is 53.4 Å². The van der Waals surface area contributed by atoms with Crippen molar-refractivity contribution >= 4 is 5.97 Å². The third-order valence-electron chi connectivity index (χ3n) is 4.51. The van der Waals surface area contributed by atoms with Crippen molar-refractivity contribution in [3.05, 3.63) is 0 Å². The van der Waals surface area contributed by atoms with Crippen molar-refractivity contribution in [2.75, 3.05) is 6.54 Å². The molecular weight excluding hydrogens is 214 g/mol. The zero-order valence-corrected chi connectivity index (χ0v) is 11.6. The molecule has 0 saturated heterocycles. The van der Waals surface area contributed by atoms with Crippen LogP contribution < -0.4 is 5.73 Å². The molecular formula is C14H27NO2. The molecule has 0 aromatic heterocycles. The Hall–Kier alpha value is -0.570. The first-order valence-electron chi connectivity index (χ1n) is 6.66. The number of rotatable bonds is 4. The Kier molecular flexibility index (Phi) is 4.23. The summed E-state index contributed by atoms with van der Waals surface area (Å²) in [7, 11) is 0. The topological polar surface area (TPSA) is 63.3 Å². The zero-order valence-electron chi connectivity index (χ0n) is 11.6. The maximum atomic E-state index is 11.0. The minimum absolute atomic E-state index is 0.162. The van der Waals surface area contributed by atoms with Gasteiger partial charge < -0.3 is 10.8 Å². The summed E-state index contributed by atoms with van der Waals surface area (Å²) in [6.45, 7) is 9.48. The quantitative estimate of drug-likeness (QED) is 0.795. The van der Waals surface area contributed by atoms with Crippen molar-refractivity contribution in [1.82, 2.24) is 0 Å². The monoisotopic (exact) mass is 241 g/mol. The lowest BCUT2D eigenvalue weighted by Crippen LogP contribution is -2.31. The number of hydrogen-bond acceptors (Lipinski definition) is 2. The normalized spacial score (nSPS) is 33.9. The summed E-state index contributed by atoms with van der Waals surface area (Å²) in [5.41, 5.74) is 5.96. The van der Waals surface area contributed by atoms with E-state index in [-0.39, 0.29) is 17.3 Å². The summed E-state index contributed by atoms with van der Waals surface area (Å²) in [5, 5.41) is 9.06. The van der Waals surface area contributed by atoms with Crippen LogP contribution in [0.5, 0.6) is 0 Å². The molecule has 0 unspecified atom stereocenters. The molecule has 3 N–H and O–H groups in total. The van der Waals surface area contributed by atoms with E-state index in [1.165, 1.54) is 0 Å². The van der Waals surface area contributed by atoms with Crippen molar-refractivity contribution in [3.8, 4) is 0 Å². The highest BCUT2D eigenvalue weighted by molar-refractivity contribution is 5.67. The molecule has 0 amide bonds. The van der Waals surface area contributed by atoms with Gasteiger partial charge in [0, 0.05) is 0 Å². The molecule has 1 saturated carbocycles. The molecule has 0 aromatic rings. The number of carbonyl (C=O) groups is 1. The summed E-state index contributed by atoms with van der Waals surface area (Å²) in [6.07, 6.45) is 3.31. The van der Waals surface area contributed by atoms with Gasteiger partial charge in [-0.1, -0.05) is 34.1 Å². The third kappa shape index (κ3) is 3.21. The Morgan fingerprint density at radius 2 is 2.00 bits per heavy atom. The van der Waals surface area contributed by atoms with Crippen LogP contribution in [-0.2, 0) is 4.79 Å². The van der Waals surface area contributed by atoms with Crippen LogP contribution in [0.4, 0.5) is 0 Å². The maximum absolute atomic E-state index is 11.0. The Morgan fingerprint density at radius 3 is 2.29 bits per heavy atom. The Labute approximate surface area is 105 Å². The van der Waals surface area contributed by atoms with Crippen molar-refractivity contribution in [2.24, 2.45) is 28.4 Å². The van der Waals surface area contributed by atoms with Gasteiger partial charge in [0.05, 0.1) is 6.42 Å². The van der Waals surface area contributed by atoms with Crippen molar-refractivity contribution in [1.29, 1.82) is 0 Å². The zero-order chi connectivity index (χ0) is 13.3. The molecule has 0 aliphatic heterocycles. The number of hydrogen-bond donors (Lipinski definition) is 2. The smallest absolute Gasteiger partial charge is 0.303 e. The van der Waals surface area contributed by atoms with Crippen LogP contribution in [0.1, 0.15) is 53.4 Å². The fourth-order valence-corrected chi connectivity index (χ4v) is 3.56. The average Bonchev–Trinajstić information content (AvgIpc) is 2.56. The molecule has 0 radical (unpaired) electrons. The van der Waals surface area contributed by atoms with Crippen LogP contribution in [0.25, 0.3) is 0 Å². The van der Waals surface area contributed by atoms with E-state index in [4.69, 9.17) is 10.8 Å². The highest BCUT2D eigenvalue weighted by Gasteiger charge is 2.48. The van der Waals surface area contributed by atoms with Crippen LogP contribution in [0, 0.1) is 22.7 Å². The minimum atomic E-state index is -0.708. The molecule has 1 aliphatic rings. The summed E-state index contributed by atoms with van der Waals surface area (Å²) >= 11 is 0. The van der Waals surface area contributed by atoms with E-state index < -0.39 is 5.97 Å². The van der Waals surface area contributed by atoms with Gasteiger partial charge in [0.25, 0.3) is 0 Å². The third-order valence-corrected chi connectivity index (χ3v) is 4.51. The predicted octanol–water partition coefficient (Wildman–Crippen LogP) is 2.89. The fraction of sp³-hybridized carbons (Fsp3) is 0.929. The molecule has 0 aromatic carbocycles. The van der Waals surface area contributed by atoms with Gasteiger partial charge in [0.15, 0.2) is 0 Å². The molecule has 0 spiro atoms. The van der Waals surface area contributed by atoms with E-state index in [9.17, 15) is 4.79 Å². The molecule has 0 bridgehead atoms. The van der Waals surface area contributed by atoms with Gasteiger partial charge in [-0.25, -0.2) is 0 Å². The number of nitrogens with two attached hydrogens (primary N) is 1. The Bertz CT molecular complexity index is 282. The van der Waals surface area contributed by atoms with Crippen molar-refractivity contribution in [3.63, 3.8) is 0 Å². The molecule has 1 rings (SSSR count). The summed E-state index contributed by atoms with van der Waals surface area (Å²) in [5.74, 6) is 0.508. The second kappa shape index (κ2) is 4.97. The lowest BCUT2D eigenvalue weighted by atomic mass is 9.73. The fourth-order valence-electron chi connectivity index (χ4n) is 3.56. The minimum Gasteiger partial charge on any atom is -0.481 e. The number of carboxylic acid groups (broad SMARTS) is 1. The standard InChI is InChI=1S/C14H27NO2/c1-5-10-6-14(9-15,8-12(16)17)7-11(10)13(2,3)4/h10-11H,5-9,15H2,1-4H3,(H,16,17)/t10-,11-,14-/m1/s1. The van der Waals surface area contributed by atoms with Gasteiger partial charge in [-0.15, -0.1) is 0 Å². The van der Waals surface area contributed by atoms with Crippen LogP contribution in [0.2, 0.25) is 0 Å². The summed E-state index contributed by atoms with van der Waals surface area (Å²) < 4.78 is 0. The highest BCUT2D eigenvalue weighted by atomic mass is 16.4. The van der Waals surface area contributed by atoms with Crippen LogP contribution in [-0.4, -0.2) is 17.6 Å². The van der Waals surface area contributed by atoms with Gasteiger partial charge in [-0.3, -0.25) is 4.79 Å². The number of carboxylic acids is 1. The molecule has 17 heavy (non-hydrogen) atoms. The molecule has 100 valence electrons. The summed E-state index contributed by atoms with van der Waals surface area (Å²) in [4.78, 5) is 11.0. The Balaban J connectivity index is 2.89. The van der Waals surface area contributed by atoms with E-state index in [1.807, 2.05) is 0 Å². The van der Waals surface area contributed by atoms with E-state index in [1.54, 1.807) is 0 Å². The van der Waals surface area contributed by atoms with Gasteiger partial charge in [-0.2, -0.15) is 0 Å². The second-order valence-electron chi connectivity index (χ2n) is 6.82. The molecule has 1 aliphatic carbocycles. The molecule has 3 heteroatoms. The molecule has 3 atom stereocenters. The van der Waals surface area contributed by atoms with E-state index in [2.05, 4.69) is 27.7 Å². The van der Waals surface area contributed by atoms with E-state index in [0.717, 1.165) is 19.3 Å². The lowest BCUT2D eigenvalue weighted by Gasteiger charge is -2.32. The predicted molar refractivity (Wildman–Crippen MR) is 69.7 cm³/mol. The van der Waals surface area contributed by atoms with Crippen molar-refractivity contribution < 1.29 is 9.90 Å². The summed E-state index contributed by atoms with van der Waals surface area (Å²) in [6, 6.07) is 0. The van der Waals surface area contributed by atoms with Gasteiger partial charge in [0.1, 0.15) is 0 Å². The largest absolute Gasteiger partial charge is 0.481 e.